The Morgan fingerprint density at radius 1 is 1.39 bits per heavy atom. The number of morpholine rings is 1. The van der Waals surface area contributed by atoms with Gasteiger partial charge in [-0.15, -0.1) is 0 Å². The SMILES string of the molecule is OCc1cccc(F)c1N1CCOC2CCCC21. The molecule has 2 unspecified atom stereocenters. The molecule has 0 spiro atoms. The van der Waals surface area contributed by atoms with E-state index in [0.29, 0.717) is 24.4 Å². The molecule has 18 heavy (non-hydrogen) atoms. The lowest BCUT2D eigenvalue weighted by Gasteiger charge is -2.40. The Kier molecular flexibility index (Phi) is 3.22. The van der Waals surface area contributed by atoms with Crippen LogP contribution in [-0.2, 0) is 11.3 Å². The van der Waals surface area contributed by atoms with Crippen LogP contribution >= 0.6 is 0 Å². The lowest BCUT2D eigenvalue weighted by Crippen LogP contribution is -2.49. The maximum Gasteiger partial charge on any atom is 0.146 e. The summed E-state index contributed by atoms with van der Waals surface area (Å²) in [7, 11) is 0. The van der Waals surface area contributed by atoms with Gasteiger partial charge in [-0.3, -0.25) is 0 Å². The minimum absolute atomic E-state index is 0.123. The van der Waals surface area contributed by atoms with Crippen LogP contribution in [0.4, 0.5) is 10.1 Å². The molecule has 1 aromatic carbocycles. The van der Waals surface area contributed by atoms with Crippen LogP contribution in [0.2, 0.25) is 0 Å². The number of hydrogen-bond acceptors (Lipinski definition) is 3. The maximum absolute atomic E-state index is 14.1. The third-order valence-electron chi connectivity index (χ3n) is 4.01. The van der Waals surface area contributed by atoms with Gasteiger partial charge in [0, 0.05) is 12.1 Å². The van der Waals surface area contributed by atoms with E-state index in [4.69, 9.17) is 4.74 Å². The average Bonchev–Trinajstić information content (AvgIpc) is 2.86. The standard InChI is InChI=1S/C14H18FNO2/c15-11-4-1-3-10(9-17)14(11)16-7-8-18-13-6-2-5-12(13)16/h1,3-4,12-13,17H,2,5-9H2. The van der Waals surface area contributed by atoms with Crippen molar-refractivity contribution in [2.45, 2.75) is 38.0 Å². The third kappa shape index (κ3) is 1.89. The number of hydrogen-bond donors (Lipinski definition) is 1. The minimum atomic E-state index is -0.242. The molecule has 0 radical (unpaired) electrons. The van der Waals surface area contributed by atoms with Crippen LogP contribution in [0, 0.1) is 5.82 Å². The minimum Gasteiger partial charge on any atom is -0.392 e. The highest BCUT2D eigenvalue weighted by Gasteiger charge is 2.37. The molecule has 2 aliphatic rings. The molecule has 1 saturated heterocycles. The van der Waals surface area contributed by atoms with E-state index >= 15 is 0 Å². The lowest BCUT2D eigenvalue weighted by atomic mass is 10.1. The van der Waals surface area contributed by atoms with Gasteiger partial charge in [0.1, 0.15) is 5.82 Å². The molecule has 1 N–H and O–H groups in total. The zero-order chi connectivity index (χ0) is 12.5. The maximum atomic E-state index is 14.1. The quantitative estimate of drug-likeness (QED) is 0.873. The molecule has 1 aromatic rings. The fourth-order valence-electron chi connectivity index (χ4n) is 3.21. The highest BCUT2D eigenvalue weighted by molar-refractivity contribution is 5.56. The van der Waals surface area contributed by atoms with Gasteiger partial charge in [-0.2, -0.15) is 0 Å². The van der Waals surface area contributed by atoms with E-state index in [1.807, 2.05) is 0 Å². The predicted molar refractivity (Wildman–Crippen MR) is 67.0 cm³/mol. The normalized spacial score (nSPS) is 27.3. The number of ether oxygens (including phenoxy) is 1. The van der Waals surface area contributed by atoms with Crippen molar-refractivity contribution in [2.75, 3.05) is 18.1 Å². The van der Waals surface area contributed by atoms with Crippen molar-refractivity contribution in [3.05, 3.63) is 29.6 Å². The molecular weight excluding hydrogens is 233 g/mol. The van der Waals surface area contributed by atoms with Crippen LogP contribution < -0.4 is 4.90 Å². The van der Waals surface area contributed by atoms with E-state index in [0.717, 1.165) is 19.3 Å². The molecule has 1 heterocycles. The van der Waals surface area contributed by atoms with E-state index in [2.05, 4.69) is 4.90 Å². The Balaban J connectivity index is 1.98. The summed E-state index contributed by atoms with van der Waals surface area (Å²) in [6, 6.07) is 5.17. The van der Waals surface area contributed by atoms with Crippen molar-refractivity contribution in [3.8, 4) is 0 Å². The average molecular weight is 251 g/mol. The molecule has 3 nitrogen and oxygen atoms in total. The van der Waals surface area contributed by atoms with E-state index in [9.17, 15) is 9.50 Å². The summed E-state index contributed by atoms with van der Waals surface area (Å²) in [6.07, 6.45) is 3.47. The van der Waals surface area contributed by atoms with Crippen molar-refractivity contribution in [2.24, 2.45) is 0 Å². The number of aliphatic hydroxyl groups is 1. The topological polar surface area (TPSA) is 32.7 Å². The third-order valence-corrected chi connectivity index (χ3v) is 4.01. The van der Waals surface area contributed by atoms with E-state index < -0.39 is 0 Å². The predicted octanol–water partition coefficient (Wildman–Crippen LogP) is 2.08. The number of para-hydroxylation sites is 1. The van der Waals surface area contributed by atoms with Gasteiger partial charge in [0.2, 0.25) is 0 Å². The fraction of sp³-hybridized carbons (Fsp3) is 0.571. The summed E-state index contributed by atoms with van der Waals surface area (Å²) < 4.78 is 19.8. The number of halogens is 1. The summed E-state index contributed by atoms with van der Waals surface area (Å²) in [4.78, 5) is 2.10. The molecule has 0 aromatic heterocycles. The fourth-order valence-corrected chi connectivity index (χ4v) is 3.21. The molecule has 1 aliphatic carbocycles. The molecule has 2 atom stereocenters. The number of anilines is 1. The van der Waals surface area contributed by atoms with Gasteiger partial charge in [-0.1, -0.05) is 12.1 Å². The van der Waals surface area contributed by atoms with Crippen molar-refractivity contribution in [3.63, 3.8) is 0 Å². The zero-order valence-electron chi connectivity index (χ0n) is 10.3. The number of aliphatic hydroxyl groups excluding tert-OH is 1. The van der Waals surface area contributed by atoms with Crippen molar-refractivity contribution >= 4 is 5.69 Å². The summed E-state index contributed by atoms with van der Waals surface area (Å²) in [5.41, 5.74) is 1.24. The number of nitrogens with zero attached hydrogens (tertiary/aromatic N) is 1. The first-order valence-electron chi connectivity index (χ1n) is 6.58. The Labute approximate surface area is 106 Å². The first kappa shape index (κ1) is 11.9. The zero-order valence-corrected chi connectivity index (χ0v) is 10.3. The number of benzene rings is 1. The molecular formula is C14H18FNO2. The van der Waals surface area contributed by atoms with Gasteiger partial charge in [0.05, 0.1) is 31.0 Å². The number of rotatable bonds is 2. The van der Waals surface area contributed by atoms with Gasteiger partial charge in [-0.25, -0.2) is 4.39 Å². The summed E-state index contributed by atoms with van der Waals surface area (Å²) >= 11 is 0. The summed E-state index contributed by atoms with van der Waals surface area (Å²) in [5.74, 6) is -0.242. The van der Waals surface area contributed by atoms with Crippen LogP contribution in [0.25, 0.3) is 0 Å². The smallest absolute Gasteiger partial charge is 0.146 e. The van der Waals surface area contributed by atoms with Gasteiger partial charge in [0.15, 0.2) is 0 Å². The molecule has 1 aliphatic heterocycles. The molecule has 98 valence electrons. The van der Waals surface area contributed by atoms with Crippen LogP contribution in [0.15, 0.2) is 18.2 Å². The molecule has 1 saturated carbocycles. The van der Waals surface area contributed by atoms with Gasteiger partial charge in [0.25, 0.3) is 0 Å². The van der Waals surface area contributed by atoms with Crippen LogP contribution in [-0.4, -0.2) is 30.4 Å². The van der Waals surface area contributed by atoms with E-state index in [1.165, 1.54) is 6.07 Å². The second kappa shape index (κ2) is 4.86. The Morgan fingerprint density at radius 3 is 3.11 bits per heavy atom. The largest absolute Gasteiger partial charge is 0.392 e. The van der Waals surface area contributed by atoms with Gasteiger partial charge < -0.3 is 14.7 Å². The highest BCUT2D eigenvalue weighted by Crippen LogP contribution is 2.35. The second-order valence-corrected chi connectivity index (χ2v) is 5.01. The Morgan fingerprint density at radius 2 is 2.28 bits per heavy atom. The first-order chi connectivity index (χ1) is 8.81. The van der Waals surface area contributed by atoms with E-state index in [-0.39, 0.29) is 24.6 Å². The molecule has 0 amide bonds. The summed E-state index contributed by atoms with van der Waals surface area (Å²) in [6.45, 7) is 1.22. The molecule has 2 fully saturated rings. The molecule has 0 bridgehead atoms. The lowest BCUT2D eigenvalue weighted by molar-refractivity contribution is 0.0252. The monoisotopic (exact) mass is 251 g/mol. The second-order valence-electron chi connectivity index (χ2n) is 5.01. The van der Waals surface area contributed by atoms with Crippen LogP contribution in [0.3, 0.4) is 0 Å². The van der Waals surface area contributed by atoms with Crippen molar-refractivity contribution in [1.29, 1.82) is 0 Å². The first-order valence-corrected chi connectivity index (χ1v) is 6.58. The Hall–Kier alpha value is -1.13. The summed E-state index contributed by atoms with van der Waals surface area (Å²) in [5, 5.41) is 9.39. The van der Waals surface area contributed by atoms with E-state index in [1.54, 1.807) is 12.1 Å². The molecule has 4 heteroatoms. The molecule has 3 rings (SSSR count). The van der Waals surface area contributed by atoms with Crippen molar-refractivity contribution < 1.29 is 14.2 Å². The highest BCUT2D eigenvalue weighted by atomic mass is 19.1. The van der Waals surface area contributed by atoms with Crippen molar-refractivity contribution in [1.82, 2.24) is 0 Å². The van der Waals surface area contributed by atoms with Crippen LogP contribution in [0.5, 0.6) is 0 Å². The van der Waals surface area contributed by atoms with Gasteiger partial charge >= 0.3 is 0 Å². The van der Waals surface area contributed by atoms with Gasteiger partial charge in [-0.05, 0) is 25.3 Å². The van der Waals surface area contributed by atoms with Crippen LogP contribution in [0.1, 0.15) is 24.8 Å². The number of fused-ring (bicyclic) bond motifs is 1. The Bertz CT molecular complexity index is 438.